The van der Waals surface area contributed by atoms with Gasteiger partial charge in [-0.3, -0.25) is 4.79 Å². The second-order valence-corrected chi connectivity index (χ2v) is 11.0. The molecule has 4 N–H and O–H groups in total. The molecule has 9 heteroatoms. The Balaban J connectivity index is 1.89. The van der Waals surface area contributed by atoms with Gasteiger partial charge in [-0.1, -0.05) is 26.2 Å². The third-order valence-corrected chi connectivity index (χ3v) is 7.66. The van der Waals surface area contributed by atoms with Gasteiger partial charge in [0.05, 0.1) is 30.4 Å². The maximum Gasteiger partial charge on any atom is 0.319 e. The van der Waals surface area contributed by atoms with Crippen LogP contribution in [0.15, 0.2) is 18.2 Å². The summed E-state index contributed by atoms with van der Waals surface area (Å²) < 4.78 is 12.5. The van der Waals surface area contributed by atoms with E-state index in [1.54, 1.807) is 23.1 Å². The van der Waals surface area contributed by atoms with Gasteiger partial charge < -0.3 is 35.4 Å². The van der Waals surface area contributed by atoms with Gasteiger partial charge in [-0.2, -0.15) is 0 Å². The summed E-state index contributed by atoms with van der Waals surface area (Å²) in [5.41, 5.74) is 0.909. The fraction of sp³-hybridized carbons (Fsp3) is 0.724. The molecule has 1 saturated carbocycles. The monoisotopic (exact) mass is 532 g/mol. The minimum Gasteiger partial charge on any atom is -0.490 e. The smallest absolute Gasteiger partial charge is 0.319 e. The number of carbonyl (C=O) groups excluding carboxylic acids is 2. The van der Waals surface area contributed by atoms with Gasteiger partial charge in [-0.05, 0) is 71.2 Å². The summed E-state index contributed by atoms with van der Waals surface area (Å²) in [4.78, 5) is 28.4. The molecule has 214 valence electrons. The van der Waals surface area contributed by atoms with Crippen molar-refractivity contribution in [2.75, 3.05) is 38.7 Å². The van der Waals surface area contributed by atoms with Crippen LogP contribution in [0, 0.1) is 5.92 Å². The van der Waals surface area contributed by atoms with Crippen molar-refractivity contribution in [1.82, 2.24) is 15.5 Å². The average Bonchev–Trinajstić information content (AvgIpc) is 2.90. The number of rotatable bonds is 6. The van der Waals surface area contributed by atoms with Crippen molar-refractivity contribution in [1.29, 1.82) is 0 Å². The highest BCUT2D eigenvalue weighted by molar-refractivity contribution is 5.99. The number of nitrogens with zero attached hydrogens (tertiary/aromatic N) is 1. The van der Waals surface area contributed by atoms with Crippen LogP contribution < -0.4 is 20.7 Å². The first kappa shape index (κ1) is 30.2. The number of ether oxygens (including phenoxy) is 2. The van der Waals surface area contributed by atoms with Crippen LogP contribution in [0.4, 0.5) is 10.5 Å². The van der Waals surface area contributed by atoms with E-state index in [-0.39, 0.29) is 42.7 Å². The van der Waals surface area contributed by atoms with Crippen molar-refractivity contribution >= 4 is 17.6 Å². The van der Waals surface area contributed by atoms with Crippen molar-refractivity contribution in [2.45, 2.75) is 96.4 Å². The number of hydrogen-bond acceptors (Lipinski definition) is 6. The second kappa shape index (κ2) is 15.3. The van der Waals surface area contributed by atoms with E-state index in [1.807, 2.05) is 20.9 Å². The van der Waals surface area contributed by atoms with Gasteiger partial charge >= 0.3 is 6.03 Å². The van der Waals surface area contributed by atoms with E-state index in [1.165, 1.54) is 6.42 Å². The molecule has 2 aliphatic rings. The molecule has 1 aliphatic carbocycles. The Morgan fingerprint density at radius 1 is 1.13 bits per heavy atom. The molecule has 1 aromatic rings. The molecule has 38 heavy (non-hydrogen) atoms. The summed E-state index contributed by atoms with van der Waals surface area (Å²) in [5, 5.41) is 19.2. The van der Waals surface area contributed by atoms with E-state index in [4.69, 9.17) is 9.47 Å². The third-order valence-electron chi connectivity index (χ3n) is 7.66. The molecule has 0 spiro atoms. The largest absolute Gasteiger partial charge is 0.490 e. The number of benzene rings is 1. The highest BCUT2D eigenvalue weighted by Gasteiger charge is 2.30. The number of carbonyl (C=O) groups is 2. The van der Waals surface area contributed by atoms with Crippen LogP contribution in [0.5, 0.6) is 5.75 Å². The van der Waals surface area contributed by atoms with Crippen molar-refractivity contribution < 1.29 is 24.2 Å². The number of anilines is 1. The Bertz CT molecular complexity index is 892. The molecule has 1 aromatic carbocycles. The van der Waals surface area contributed by atoms with Crippen molar-refractivity contribution in [2.24, 2.45) is 5.92 Å². The first-order chi connectivity index (χ1) is 18.3. The normalized spacial score (nSPS) is 25.0. The Morgan fingerprint density at radius 2 is 1.87 bits per heavy atom. The molecule has 9 nitrogen and oxygen atoms in total. The first-order valence-electron chi connectivity index (χ1n) is 14.4. The number of likely N-dealkylation sites (N-methyl/N-ethyl adjacent to an activating group) is 1. The minimum atomic E-state index is -0.399. The molecule has 1 heterocycles. The summed E-state index contributed by atoms with van der Waals surface area (Å²) in [6.07, 6.45) is 8.04. The van der Waals surface area contributed by atoms with Crippen LogP contribution in [0.2, 0.25) is 0 Å². The number of nitrogens with one attached hydrogen (secondary N) is 3. The van der Waals surface area contributed by atoms with Crippen molar-refractivity contribution in [3.8, 4) is 5.75 Å². The molecule has 3 rings (SSSR count). The molecular formula is C29H48N4O5. The molecule has 1 aliphatic heterocycles. The molecule has 1 fully saturated rings. The molecule has 0 unspecified atom stereocenters. The summed E-state index contributed by atoms with van der Waals surface area (Å²) >= 11 is 0. The zero-order valence-electron chi connectivity index (χ0n) is 23.6. The van der Waals surface area contributed by atoms with Crippen LogP contribution >= 0.6 is 0 Å². The second-order valence-electron chi connectivity index (χ2n) is 11.0. The van der Waals surface area contributed by atoms with E-state index >= 15 is 0 Å². The molecule has 0 bridgehead atoms. The average molecular weight is 533 g/mol. The van der Waals surface area contributed by atoms with Gasteiger partial charge in [-0.15, -0.1) is 0 Å². The SMILES string of the molecule is CNC[C@H]1OCCCC[C@@H](C)Oc2ccc(NC(=O)NC3CCCCC3)cc2C(=O)N([C@H](C)CO)C[C@H]1C. The van der Waals surface area contributed by atoms with E-state index in [2.05, 4.69) is 22.9 Å². The lowest BCUT2D eigenvalue weighted by Gasteiger charge is -2.34. The molecule has 0 radical (unpaired) electrons. The fourth-order valence-corrected chi connectivity index (χ4v) is 5.29. The number of amides is 3. The van der Waals surface area contributed by atoms with Crippen molar-refractivity contribution in [3.05, 3.63) is 23.8 Å². The zero-order chi connectivity index (χ0) is 27.5. The predicted molar refractivity (Wildman–Crippen MR) is 150 cm³/mol. The van der Waals surface area contributed by atoms with Gasteiger partial charge in [0.1, 0.15) is 5.75 Å². The topological polar surface area (TPSA) is 112 Å². The van der Waals surface area contributed by atoms with Crippen LogP contribution in [-0.4, -0.2) is 79.6 Å². The van der Waals surface area contributed by atoms with Crippen LogP contribution in [0.1, 0.15) is 82.5 Å². The third kappa shape index (κ3) is 8.85. The van der Waals surface area contributed by atoms with Gasteiger partial charge in [0, 0.05) is 37.3 Å². The van der Waals surface area contributed by atoms with Crippen molar-refractivity contribution in [3.63, 3.8) is 0 Å². The summed E-state index contributed by atoms with van der Waals surface area (Å²) in [6.45, 7) is 7.51. The zero-order valence-corrected chi connectivity index (χ0v) is 23.6. The first-order valence-corrected chi connectivity index (χ1v) is 14.4. The highest BCUT2D eigenvalue weighted by Crippen LogP contribution is 2.28. The maximum absolute atomic E-state index is 14.0. The fourth-order valence-electron chi connectivity index (χ4n) is 5.29. The van der Waals surface area contributed by atoms with Crippen LogP contribution in [0.3, 0.4) is 0 Å². The van der Waals surface area contributed by atoms with Gasteiger partial charge in [-0.25, -0.2) is 4.79 Å². The van der Waals surface area contributed by atoms with Gasteiger partial charge in [0.2, 0.25) is 0 Å². The summed E-state index contributed by atoms with van der Waals surface area (Å²) in [5.74, 6) is 0.287. The Labute approximate surface area is 228 Å². The number of fused-ring (bicyclic) bond motifs is 1. The highest BCUT2D eigenvalue weighted by atomic mass is 16.5. The Hall–Kier alpha value is -2.36. The molecule has 0 aromatic heterocycles. The number of aliphatic hydroxyl groups excluding tert-OH is 1. The molecule has 0 saturated heterocycles. The lowest BCUT2D eigenvalue weighted by atomic mass is 9.96. The number of aliphatic hydroxyl groups is 1. The maximum atomic E-state index is 14.0. The van der Waals surface area contributed by atoms with E-state index in [0.29, 0.717) is 36.7 Å². The number of hydrogen-bond donors (Lipinski definition) is 4. The van der Waals surface area contributed by atoms with E-state index < -0.39 is 6.04 Å². The summed E-state index contributed by atoms with van der Waals surface area (Å²) in [6, 6.07) is 4.76. The molecular weight excluding hydrogens is 484 g/mol. The summed E-state index contributed by atoms with van der Waals surface area (Å²) in [7, 11) is 1.90. The predicted octanol–water partition coefficient (Wildman–Crippen LogP) is 4.16. The minimum absolute atomic E-state index is 0.0363. The standard InChI is InChI=1S/C29H48N4O5/c1-20-18-33(21(2)19-34)28(35)25-16-24(32-29(36)31-23-11-6-5-7-12-23)13-14-26(25)38-22(3)10-8-9-15-37-27(20)17-30-4/h13-14,16,20-23,27,30,34H,5-12,15,17-19H2,1-4H3,(H2,31,32,36)/t20-,21-,22-,27-/m1/s1. The lowest BCUT2D eigenvalue weighted by Crippen LogP contribution is -2.47. The van der Waals surface area contributed by atoms with Gasteiger partial charge in [0.25, 0.3) is 5.91 Å². The van der Waals surface area contributed by atoms with E-state index in [0.717, 1.165) is 44.9 Å². The molecule has 3 amide bonds. The van der Waals surface area contributed by atoms with Crippen LogP contribution in [-0.2, 0) is 4.74 Å². The van der Waals surface area contributed by atoms with E-state index in [9.17, 15) is 14.7 Å². The van der Waals surface area contributed by atoms with Gasteiger partial charge in [0.15, 0.2) is 0 Å². The molecule has 4 atom stereocenters. The lowest BCUT2D eigenvalue weighted by molar-refractivity contribution is -0.000451. The Morgan fingerprint density at radius 3 is 2.58 bits per heavy atom. The number of urea groups is 1. The van der Waals surface area contributed by atoms with Crippen LogP contribution in [0.25, 0.3) is 0 Å². The Kier molecular flexibility index (Phi) is 12.1. The quantitative estimate of drug-likeness (QED) is 0.438.